The molecule has 3 nitrogen and oxygen atoms in total. The minimum absolute atomic E-state index is 0.267. The average Bonchev–Trinajstić information content (AvgIpc) is 2.35. The molecule has 0 heterocycles. The Hall–Kier alpha value is -0.770. The van der Waals surface area contributed by atoms with E-state index < -0.39 is 0 Å². The Morgan fingerprint density at radius 1 is 1.32 bits per heavy atom. The fraction of sp³-hybridized carbons (Fsp3) is 0.500. The van der Waals surface area contributed by atoms with E-state index in [1.54, 1.807) is 18.2 Å². The van der Waals surface area contributed by atoms with Gasteiger partial charge in [0.15, 0.2) is 0 Å². The average molecular weight is 304 g/mol. The van der Waals surface area contributed by atoms with E-state index in [1.165, 1.54) is 7.11 Å². The van der Waals surface area contributed by atoms with Crippen LogP contribution in [0.1, 0.15) is 25.8 Å². The number of carbonyl (C=O) groups is 1. The zero-order chi connectivity index (χ0) is 14.4. The Labute approximate surface area is 124 Å². The maximum absolute atomic E-state index is 11.7. The predicted octanol–water partition coefficient (Wildman–Crippen LogP) is 3.67. The molecule has 0 fully saturated rings. The fourth-order valence-electron chi connectivity index (χ4n) is 1.80. The van der Waals surface area contributed by atoms with Crippen molar-refractivity contribution in [1.82, 2.24) is 5.32 Å². The van der Waals surface area contributed by atoms with E-state index >= 15 is 0 Å². The van der Waals surface area contributed by atoms with Crippen LogP contribution in [0, 0.1) is 5.92 Å². The highest BCUT2D eigenvalue weighted by Crippen LogP contribution is 2.24. The van der Waals surface area contributed by atoms with Gasteiger partial charge in [0.05, 0.1) is 7.11 Å². The first-order valence-corrected chi connectivity index (χ1v) is 6.95. The summed E-state index contributed by atoms with van der Waals surface area (Å²) in [6, 6.07) is 5.00. The lowest BCUT2D eigenvalue weighted by atomic mass is 10.0. The Balaban J connectivity index is 2.73. The molecule has 0 aliphatic carbocycles. The van der Waals surface area contributed by atoms with Gasteiger partial charge in [-0.25, -0.2) is 0 Å². The summed E-state index contributed by atoms with van der Waals surface area (Å²) in [7, 11) is 1.39. The first-order chi connectivity index (χ1) is 8.95. The Bertz CT molecular complexity index is 415. The second-order valence-electron chi connectivity index (χ2n) is 4.79. The summed E-state index contributed by atoms with van der Waals surface area (Å²) in [6.07, 6.45) is 0.703. The lowest BCUT2D eigenvalue weighted by Crippen LogP contribution is -2.38. The van der Waals surface area contributed by atoms with E-state index in [4.69, 9.17) is 27.9 Å². The minimum Gasteiger partial charge on any atom is -0.468 e. The number of nitrogens with one attached hydrogen (secondary N) is 1. The number of esters is 1. The highest BCUT2D eigenvalue weighted by atomic mass is 35.5. The van der Waals surface area contributed by atoms with Crippen molar-refractivity contribution in [3.63, 3.8) is 0 Å². The van der Waals surface area contributed by atoms with Crippen molar-refractivity contribution in [2.45, 2.75) is 32.9 Å². The van der Waals surface area contributed by atoms with Crippen LogP contribution in [0.2, 0.25) is 10.0 Å². The fourth-order valence-corrected chi connectivity index (χ4v) is 2.33. The molecule has 0 aliphatic heterocycles. The number of methoxy groups -OCH3 is 1. The SMILES string of the molecule is COC(=O)C(CC(C)C)NCc1c(Cl)cccc1Cl. The van der Waals surface area contributed by atoms with Crippen molar-refractivity contribution in [2.75, 3.05) is 7.11 Å². The van der Waals surface area contributed by atoms with Crippen LogP contribution in [0.5, 0.6) is 0 Å². The van der Waals surface area contributed by atoms with E-state index in [9.17, 15) is 4.79 Å². The van der Waals surface area contributed by atoms with Crippen molar-refractivity contribution in [3.05, 3.63) is 33.8 Å². The third-order valence-corrected chi connectivity index (χ3v) is 3.49. The van der Waals surface area contributed by atoms with E-state index in [-0.39, 0.29) is 12.0 Å². The molecule has 0 amide bonds. The van der Waals surface area contributed by atoms with Gasteiger partial charge < -0.3 is 10.1 Å². The standard InChI is InChI=1S/C14H19Cl2NO2/c1-9(2)7-13(14(18)19-3)17-8-10-11(15)5-4-6-12(10)16/h4-6,9,13,17H,7-8H2,1-3H3. The lowest BCUT2D eigenvalue weighted by Gasteiger charge is -2.19. The van der Waals surface area contributed by atoms with Gasteiger partial charge in [0, 0.05) is 22.2 Å². The zero-order valence-electron chi connectivity index (χ0n) is 11.4. The second-order valence-corrected chi connectivity index (χ2v) is 5.60. The summed E-state index contributed by atoms with van der Waals surface area (Å²) in [5.41, 5.74) is 0.795. The van der Waals surface area contributed by atoms with Crippen molar-refractivity contribution >= 4 is 29.2 Å². The summed E-state index contributed by atoms with van der Waals surface area (Å²) in [4.78, 5) is 11.7. The molecular weight excluding hydrogens is 285 g/mol. The number of benzene rings is 1. The van der Waals surface area contributed by atoms with E-state index in [1.807, 2.05) is 0 Å². The molecule has 0 bridgehead atoms. The van der Waals surface area contributed by atoms with Gasteiger partial charge in [-0.1, -0.05) is 43.1 Å². The number of rotatable bonds is 6. The summed E-state index contributed by atoms with van der Waals surface area (Å²) in [5, 5.41) is 4.34. The molecule has 0 saturated carbocycles. The molecule has 19 heavy (non-hydrogen) atoms. The highest BCUT2D eigenvalue weighted by molar-refractivity contribution is 6.35. The summed E-state index contributed by atoms with van der Waals surface area (Å²) >= 11 is 12.2. The monoisotopic (exact) mass is 303 g/mol. The van der Waals surface area contributed by atoms with E-state index in [0.29, 0.717) is 28.9 Å². The quantitative estimate of drug-likeness (QED) is 0.815. The molecule has 1 N–H and O–H groups in total. The molecule has 0 aromatic heterocycles. The van der Waals surface area contributed by atoms with Crippen LogP contribution in [0.4, 0.5) is 0 Å². The first-order valence-electron chi connectivity index (χ1n) is 6.19. The molecular formula is C14H19Cl2NO2. The Morgan fingerprint density at radius 3 is 2.37 bits per heavy atom. The molecule has 0 aliphatic rings. The van der Waals surface area contributed by atoms with Crippen molar-refractivity contribution in [2.24, 2.45) is 5.92 Å². The molecule has 0 spiro atoms. The highest BCUT2D eigenvalue weighted by Gasteiger charge is 2.20. The topological polar surface area (TPSA) is 38.3 Å². The maximum Gasteiger partial charge on any atom is 0.322 e. The Kier molecular flexibility index (Phi) is 6.63. The lowest BCUT2D eigenvalue weighted by molar-refractivity contribution is -0.143. The number of hydrogen-bond acceptors (Lipinski definition) is 3. The number of ether oxygens (including phenoxy) is 1. The van der Waals surface area contributed by atoms with Gasteiger partial charge in [-0.15, -0.1) is 0 Å². The van der Waals surface area contributed by atoms with E-state index in [0.717, 1.165) is 5.56 Å². The molecule has 0 radical (unpaired) electrons. The normalized spacial score (nSPS) is 12.5. The molecule has 0 saturated heterocycles. The first kappa shape index (κ1) is 16.3. The second kappa shape index (κ2) is 7.73. The summed E-state index contributed by atoms with van der Waals surface area (Å²) in [6.45, 7) is 4.55. The van der Waals surface area contributed by atoms with Crippen LogP contribution in [0.15, 0.2) is 18.2 Å². The van der Waals surface area contributed by atoms with Crippen LogP contribution >= 0.6 is 23.2 Å². The number of carbonyl (C=O) groups excluding carboxylic acids is 1. The molecule has 1 unspecified atom stereocenters. The van der Waals surface area contributed by atoms with Crippen molar-refractivity contribution in [1.29, 1.82) is 0 Å². The van der Waals surface area contributed by atoms with Gasteiger partial charge in [0.1, 0.15) is 6.04 Å². The van der Waals surface area contributed by atoms with Gasteiger partial charge in [-0.2, -0.15) is 0 Å². The number of halogens is 2. The van der Waals surface area contributed by atoms with Crippen molar-refractivity contribution < 1.29 is 9.53 Å². The maximum atomic E-state index is 11.7. The van der Waals surface area contributed by atoms with E-state index in [2.05, 4.69) is 19.2 Å². The van der Waals surface area contributed by atoms with Crippen LogP contribution < -0.4 is 5.32 Å². The van der Waals surface area contributed by atoms with Crippen LogP contribution in [-0.4, -0.2) is 19.1 Å². The predicted molar refractivity (Wildman–Crippen MR) is 78.6 cm³/mol. The van der Waals surface area contributed by atoms with Crippen LogP contribution in [-0.2, 0) is 16.1 Å². The molecule has 1 rings (SSSR count). The van der Waals surface area contributed by atoms with Gasteiger partial charge in [-0.3, -0.25) is 4.79 Å². The molecule has 1 atom stereocenters. The minimum atomic E-state index is -0.350. The van der Waals surface area contributed by atoms with Gasteiger partial charge >= 0.3 is 5.97 Å². The smallest absolute Gasteiger partial charge is 0.322 e. The van der Waals surface area contributed by atoms with Crippen LogP contribution in [0.3, 0.4) is 0 Å². The van der Waals surface area contributed by atoms with Crippen molar-refractivity contribution in [3.8, 4) is 0 Å². The van der Waals surface area contributed by atoms with Gasteiger partial charge in [0.2, 0.25) is 0 Å². The molecule has 106 valence electrons. The summed E-state index contributed by atoms with van der Waals surface area (Å²) < 4.78 is 4.79. The third kappa shape index (κ3) is 5.01. The largest absolute Gasteiger partial charge is 0.468 e. The Morgan fingerprint density at radius 2 is 1.89 bits per heavy atom. The molecule has 1 aromatic carbocycles. The molecule has 5 heteroatoms. The third-order valence-electron chi connectivity index (χ3n) is 2.78. The zero-order valence-corrected chi connectivity index (χ0v) is 12.9. The van der Waals surface area contributed by atoms with Gasteiger partial charge in [-0.05, 0) is 24.5 Å². The molecule has 1 aromatic rings. The summed E-state index contributed by atoms with van der Waals surface area (Å²) in [5.74, 6) is 0.121. The van der Waals surface area contributed by atoms with Gasteiger partial charge in [0.25, 0.3) is 0 Å². The number of hydrogen-bond donors (Lipinski definition) is 1. The van der Waals surface area contributed by atoms with Crippen LogP contribution in [0.25, 0.3) is 0 Å².